The molecule has 0 aliphatic heterocycles. The van der Waals surface area contributed by atoms with Crippen molar-refractivity contribution in [1.82, 2.24) is 0 Å². The SMILES string of the molecule is N#Cc1ccc(NS(=O)(=O)C(F)F)c(Br)c1. The zero-order chi connectivity index (χ0) is 12.3. The van der Waals surface area contributed by atoms with E-state index < -0.39 is 15.8 Å². The molecule has 0 saturated heterocycles. The number of rotatable bonds is 3. The van der Waals surface area contributed by atoms with Gasteiger partial charge in [-0.05, 0) is 34.1 Å². The Morgan fingerprint density at radius 2 is 2.06 bits per heavy atom. The Balaban J connectivity index is 3.05. The van der Waals surface area contributed by atoms with Crippen molar-refractivity contribution in [3.05, 3.63) is 28.2 Å². The van der Waals surface area contributed by atoms with Gasteiger partial charge in [0, 0.05) is 4.47 Å². The third-order valence-corrected chi connectivity index (χ3v) is 3.21. The molecule has 0 atom stereocenters. The molecule has 0 fully saturated rings. The summed E-state index contributed by atoms with van der Waals surface area (Å²) < 4.78 is 47.8. The van der Waals surface area contributed by atoms with Gasteiger partial charge in [0.05, 0.1) is 17.3 Å². The molecule has 16 heavy (non-hydrogen) atoms. The van der Waals surface area contributed by atoms with Gasteiger partial charge in [-0.2, -0.15) is 14.0 Å². The number of nitrogens with zero attached hydrogens (tertiary/aromatic N) is 1. The maximum Gasteiger partial charge on any atom is 0.355 e. The topological polar surface area (TPSA) is 70.0 Å². The second kappa shape index (κ2) is 4.76. The van der Waals surface area contributed by atoms with Crippen molar-refractivity contribution in [2.75, 3.05) is 4.72 Å². The number of alkyl halides is 2. The predicted octanol–water partition coefficient (Wildman–Crippen LogP) is 2.29. The summed E-state index contributed by atoms with van der Waals surface area (Å²) in [4.78, 5) is 0. The van der Waals surface area contributed by atoms with Gasteiger partial charge in [0.1, 0.15) is 0 Å². The zero-order valence-corrected chi connectivity index (χ0v) is 10.0. The maximum atomic E-state index is 12.1. The lowest BCUT2D eigenvalue weighted by atomic mass is 10.2. The maximum absolute atomic E-state index is 12.1. The Morgan fingerprint density at radius 1 is 1.44 bits per heavy atom. The Hall–Kier alpha value is -1.20. The summed E-state index contributed by atoms with van der Waals surface area (Å²) >= 11 is 2.97. The molecule has 8 heteroatoms. The van der Waals surface area contributed by atoms with Crippen molar-refractivity contribution >= 4 is 31.6 Å². The van der Waals surface area contributed by atoms with E-state index in [1.807, 2.05) is 6.07 Å². The van der Waals surface area contributed by atoms with Gasteiger partial charge in [-0.1, -0.05) is 0 Å². The zero-order valence-electron chi connectivity index (χ0n) is 7.62. The molecule has 0 unspecified atom stereocenters. The minimum atomic E-state index is -4.69. The lowest BCUT2D eigenvalue weighted by molar-refractivity contribution is 0.236. The third-order valence-electron chi connectivity index (χ3n) is 1.58. The average Bonchev–Trinajstić information content (AvgIpc) is 2.20. The van der Waals surface area contributed by atoms with Crippen molar-refractivity contribution in [2.24, 2.45) is 0 Å². The van der Waals surface area contributed by atoms with E-state index in [-0.39, 0.29) is 15.7 Å². The van der Waals surface area contributed by atoms with Gasteiger partial charge >= 0.3 is 5.76 Å². The van der Waals surface area contributed by atoms with Gasteiger partial charge in [-0.3, -0.25) is 4.72 Å². The number of halogens is 3. The Kier molecular flexibility index (Phi) is 3.83. The summed E-state index contributed by atoms with van der Waals surface area (Å²) in [5, 5.41) is 8.54. The summed E-state index contributed by atoms with van der Waals surface area (Å²) in [5.74, 6) is -3.50. The van der Waals surface area contributed by atoms with Crippen molar-refractivity contribution in [2.45, 2.75) is 5.76 Å². The van der Waals surface area contributed by atoms with E-state index in [0.717, 1.165) is 0 Å². The highest BCUT2D eigenvalue weighted by Crippen LogP contribution is 2.25. The minimum absolute atomic E-state index is 0.0423. The van der Waals surface area contributed by atoms with Crippen LogP contribution in [0.1, 0.15) is 5.56 Å². The van der Waals surface area contributed by atoms with E-state index in [1.54, 1.807) is 4.72 Å². The first-order valence-corrected chi connectivity index (χ1v) is 6.20. The van der Waals surface area contributed by atoms with E-state index in [9.17, 15) is 17.2 Å². The highest BCUT2D eigenvalue weighted by Gasteiger charge is 2.24. The normalized spacial score (nSPS) is 11.2. The van der Waals surface area contributed by atoms with Crippen LogP contribution in [0.25, 0.3) is 0 Å². The summed E-state index contributed by atoms with van der Waals surface area (Å²) in [7, 11) is -4.69. The summed E-state index contributed by atoms with van der Waals surface area (Å²) in [6, 6.07) is 5.69. The molecule has 1 aromatic rings. The molecule has 0 bridgehead atoms. The molecule has 0 saturated carbocycles. The molecule has 0 aromatic heterocycles. The number of nitrogens with one attached hydrogen (secondary N) is 1. The van der Waals surface area contributed by atoms with Crippen molar-refractivity contribution in [1.29, 1.82) is 5.26 Å². The Morgan fingerprint density at radius 3 is 2.50 bits per heavy atom. The molecule has 0 amide bonds. The number of hydrogen-bond acceptors (Lipinski definition) is 3. The Bertz CT molecular complexity index is 539. The van der Waals surface area contributed by atoms with Crippen LogP contribution in [-0.4, -0.2) is 14.2 Å². The van der Waals surface area contributed by atoms with Crippen molar-refractivity contribution in [3.63, 3.8) is 0 Å². The van der Waals surface area contributed by atoms with Crippen molar-refractivity contribution in [3.8, 4) is 6.07 Å². The molecular weight excluding hydrogens is 306 g/mol. The van der Waals surface area contributed by atoms with Gasteiger partial charge in [-0.15, -0.1) is 0 Å². The molecule has 4 nitrogen and oxygen atoms in total. The molecule has 0 heterocycles. The molecule has 1 rings (SSSR count). The van der Waals surface area contributed by atoms with Gasteiger partial charge in [0.2, 0.25) is 0 Å². The number of anilines is 1. The average molecular weight is 311 g/mol. The fraction of sp³-hybridized carbons (Fsp3) is 0.125. The van der Waals surface area contributed by atoms with Crippen LogP contribution in [0.5, 0.6) is 0 Å². The van der Waals surface area contributed by atoms with Crippen molar-refractivity contribution < 1.29 is 17.2 Å². The standard InChI is InChI=1S/C8H5BrF2N2O2S/c9-6-3-5(4-12)1-2-7(6)13-16(14,15)8(10)11/h1-3,8,13H. The van der Waals surface area contributed by atoms with Crippen LogP contribution >= 0.6 is 15.9 Å². The van der Waals surface area contributed by atoms with Gasteiger partial charge < -0.3 is 0 Å². The number of hydrogen-bond donors (Lipinski definition) is 1. The summed E-state index contributed by atoms with van der Waals surface area (Å²) in [6.07, 6.45) is 0. The molecule has 1 N–H and O–H groups in total. The number of nitriles is 1. The van der Waals surface area contributed by atoms with Crippen LogP contribution in [0.4, 0.5) is 14.5 Å². The monoisotopic (exact) mass is 310 g/mol. The molecule has 1 aromatic carbocycles. The van der Waals surface area contributed by atoms with Gasteiger partial charge in [0.15, 0.2) is 0 Å². The molecule has 86 valence electrons. The second-order valence-corrected chi connectivity index (χ2v) is 5.22. The Labute approximate surface area is 99.1 Å². The van der Waals surface area contributed by atoms with E-state index >= 15 is 0 Å². The molecule has 0 spiro atoms. The third kappa shape index (κ3) is 2.90. The van der Waals surface area contributed by atoms with Gasteiger partial charge in [-0.25, -0.2) is 8.42 Å². The highest BCUT2D eigenvalue weighted by atomic mass is 79.9. The lowest BCUT2D eigenvalue weighted by Crippen LogP contribution is -2.20. The molecule has 0 aliphatic carbocycles. The van der Waals surface area contributed by atoms with E-state index in [0.29, 0.717) is 0 Å². The first kappa shape index (κ1) is 12.9. The first-order chi connectivity index (χ1) is 7.36. The summed E-state index contributed by atoms with van der Waals surface area (Å²) in [6.45, 7) is 0. The van der Waals surface area contributed by atoms with Crippen LogP contribution < -0.4 is 4.72 Å². The lowest BCUT2D eigenvalue weighted by Gasteiger charge is -2.08. The van der Waals surface area contributed by atoms with Crippen LogP contribution in [0.15, 0.2) is 22.7 Å². The van der Waals surface area contributed by atoms with Crippen LogP contribution in [-0.2, 0) is 10.0 Å². The summed E-state index contributed by atoms with van der Waals surface area (Å²) in [5.41, 5.74) is 0.242. The smallest absolute Gasteiger partial charge is 0.278 e. The fourth-order valence-corrected chi connectivity index (χ4v) is 2.05. The van der Waals surface area contributed by atoms with E-state index in [1.165, 1.54) is 18.2 Å². The first-order valence-electron chi connectivity index (χ1n) is 3.86. The molecule has 0 radical (unpaired) electrons. The minimum Gasteiger partial charge on any atom is -0.278 e. The highest BCUT2D eigenvalue weighted by molar-refractivity contribution is 9.10. The van der Waals surface area contributed by atoms with Crippen LogP contribution in [0.3, 0.4) is 0 Å². The number of benzene rings is 1. The second-order valence-electron chi connectivity index (χ2n) is 2.71. The van der Waals surface area contributed by atoms with Crippen LogP contribution in [0, 0.1) is 11.3 Å². The quantitative estimate of drug-likeness (QED) is 0.931. The molecule has 0 aliphatic rings. The number of sulfonamides is 1. The fourth-order valence-electron chi connectivity index (χ4n) is 0.865. The van der Waals surface area contributed by atoms with Gasteiger partial charge in [0.25, 0.3) is 10.0 Å². The largest absolute Gasteiger partial charge is 0.355 e. The van der Waals surface area contributed by atoms with E-state index in [2.05, 4.69) is 15.9 Å². The van der Waals surface area contributed by atoms with E-state index in [4.69, 9.17) is 5.26 Å². The predicted molar refractivity (Wildman–Crippen MR) is 57.4 cm³/mol. The van der Waals surface area contributed by atoms with Crippen LogP contribution in [0.2, 0.25) is 0 Å². The molecular formula is C8H5BrF2N2O2S.